The summed E-state index contributed by atoms with van der Waals surface area (Å²) in [5.74, 6) is 0.518. The molecule has 3 nitrogen and oxygen atoms in total. The molecule has 1 heterocycles. The topological polar surface area (TPSA) is 38.7 Å². The number of aliphatic hydroxyl groups excluding tert-OH is 1. The first-order valence-electron chi connectivity index (χ1n) is 6.14. The molecule has 1 aromatic carbocycles. The van der Waals surface area contributed by atoms with E-state index in [1.807, 2.05) is 12.1 Å². The summed E-state index contributed by atoms with van der Waals surface area (Å²) < 4.78 is 10.5. The van der Waals surface area contributed by atoms with E-state index in [0.717, 1.165) is 5.56 Å². The van der Waals surface area contributed by atoms with Crippen LogP contribution in [0.5, 0.6) is 0 Å². The van der Waals surface area contributed by atoms with E-state index in [-0.39, 0.29) is 6.10 Å². The van der Waals surface area contributed by atoms with Crippen molar-refractivity contribution in [1.29, 1.82) is 0 Å². The van der Waals surface area contributed by atoms with Crippen LogP contribution < -0.4 is 0 Å². The van der Waals surface area contributed by atoms with Gasteiger partial charge >= 0.3 is 0 Å². The molecule has 17 heavy (non-hydrogen) atoms. The zero-order chi connectivity index (χ0) is 12.3. The lowest BCUT2D eigenvalue weighted by Crippen LogP contribution is -2.37. The summed E-state index contributed by atoms with van der Waals surface area (Å²) in [7, 11) is 0. The number of hydrogen-bond donors (Lipinski definition) is 1. The Morgan fingerprint density at radius 2 is 1.82 bits per heavy atom. The second kappa shape index (κ2) is 5.63. The van der Waals surface area contributed by atoms with Crippen LogP contribution in [0.2, 0.25) is 0 Å². The van der Waals surface area contributed by atoms with Crippen molar-refractivity contribution in [3.63, 3.8) is 0 Å². The number of benzene rings is 1. The first kappa shape index (κ1) is 12.6. The van der Waals surface area contributed by atoms with Gasteiger partial charge in [0.15, 0.2) is 0 Å². The Hall–Kier alpha value is -0.900. The van der Waals surface area contributed by atoms with Crippen LogP contribution in [0.3, 0.4) is 0 Å². The van der Waals surface area contributed by atoms with Crippen LogP contribution in [-0.2, 0) is 9.47 Å². The summed E-state index contributed by atoms with van der Waals surface area (Å²) in [5.41, 5.74) is 2.20. The maximum Gasteiger partial charge on any atom is 0.104 e. The third-order valence-corrected chi connectivity index (χ3v) is 3.09. The second-order valence-electron chi connectivity index (χ2n) is 4.83. The van der Waals surface area contributed by atoms with E-state index in [1.165, 1.54) is 5.56 Å². The predicted molar refractivity (Wildman–Crippen MR) is 66.0 cm³/mol. The van der Waals surface area contributed by atoms with Crippen LogP contribution in [-0.4, -0.2) is 31.0 Å². The zero-order valence-corrected chi connectivity index (χ0v) is 10.4. The van der Waals surface area contributed by atoms with E-state index < -0.39 is 6.10 Å². The molecule has 1 fully saturated rings. The van der Waals surface area contributed by atoms with Crippen molar-refractivity contribution in [2.45, 2.75) is 32.0 Å². The highest BCUT2D eigenvalue weighted by Crippen LogP contribution is 2.19. The molecule has 0 aromatic heterocycles. The largest absolute Gasteiger partial charge is 0.386 e. The van der Waals surface area contributed by atoms with Crippen LogP contribution in [0.4, 0.5) is 0 Å². The molecule has 1 aromatic rings. The van der Waals surface area contributed by atoms with Crippen LogP contribution in [0, 0.1) is 0 Å². The van der Waals surface area contributed by atoms with Gasteiger partial charge < -0.3 is 14.6 Å². The Morgan fingerprint density at radius 1 is 1.24 bits per heavy atom. The Morgan fingerprint density at radius 3 is 2.29 bits per heavy atom. The highest BCUT2D eigenvalue weighted by atomic mass is 16.6. The zero-order valence-electron chi connectivity index (χ0n) is 10.4. The molecule has 1 N–H and O–H groups in total. The minimum Gasteiger partial charge on any atom is -0.386 e. The minimum atomic E-state index is -0.545. The van der Waals surface area contributed by atoms with E-state index in [9.17, 15) is 5.11 Å². The molecule has 1 saturated heterocycles. The SMILES string of the molecule is CC(C)c1ccc(C(O)COC2COC2)cc1. The van der Waals surface area contributed by atoms with Gasteiger partial charge in [0.05, 0.1) is 19.8 Å². The Bertz CT molecular complexity index is 341. The van der Waals surface area contributed by atoms with Gasteiger partial charge in [-0.2, -0.15) is 0 Å². The normalized spacial score (nSPS) is 18.1. The van der Waals surface area contributed by atoms with Crippen LogP contribution >= 0.6 is 0 Å². The highest BCUT2D eigenvalue weighted by molar-refractivity contribution is 5.26. The standard InChI is InChI=1S/C14H20O3/c1-10(2)11-3-5-12(6-4-11)14(15)9-17-13-7-16-8-13/h3-6,10,13-15H,7-9H2,1-2H3. The number of ether oxygens (including phenoxy) is 2. The lowest BCUT2D eigenvalue weighted by molar-refractivity contribution is -0.143. The molecule has 0 radical (unpaired) electrons. The van der Waals surface area contributed by atoms with E-state index >= 15 is 0 Å². The number of aliphatic hydroxyl groups is 1. The molecule has 1 aliphatic heterocycles. The van der Waals surface area contributed by atoms with Gasteiger partial charge in [0.2, 0.25) is 0 Å². The minimum absolute atomic E-state index is 0.166. The van der Waals surface area contributed by atoms with Crippen molar-refractivity contribution in [3.8, 4) is 0 Å². The van der Waals surface area contributed by atoms with Gasteiger partial charge in [-0.15, -0.1) is 0 Å². The molecule has 2 rings (SSSR count). The lowest BCUT2D eigenvalue weighted by atomic mass is 10.0. The van der Waals surface area contributed by atoms with Crippen molar-refractivity contribution in [3.05, 3.63) is 35.4 Å². The van der Waals surface area contributed by atoms with Gasteiger partial charge in [-0.25, -0.2) is 0 Å². The predicted octanol–water partition coefficient (Wildman–Crippen LogP) is 2.26. The Balaban J connectivity index is 1.86. The van der Waals surface area contributed by atoms with Crippen LogP contribution in [0.25, 0.3) is 0 Å². The fourth-order valence-corrected chi connectivity index (χ4v) is 1.74. The first-order chi connectivity index (χ1) is 8.16. The molecular weight excluding hydrogens is 216 g/mol. The quantitative estimate of drug-likeness (QED) is 0.852. The van der Waals surface area contributed by atoms with Gasteiger partial charge in [0.1, 0.15) is 12.2 Å². The molecule has 1 atom stereocenters. The first-order valence-corrected chi connectivity index (χ1v) is 6.14. The molecule has 0 amide bonds. The van der Waals surface area contributed by atoms with Crippen molar-refractivity contribution in [1.82, 2.24) is 0 Å². The smallest absolute Gasteiger partial charge is 0.104 e. The van der Waals surface area contributed by atoms with Crippen molar-refractivity contribution >= 4 is 0 Å². The summed E-state index contributed by atoms with van der Waals surface area (Å²) in [6.07, 6.45) is -0.378. The highest BCUT2D eigenvalue weighted by Gasteiger charge is 2.20. The van der Waals surface area contributed by atoms with Crippen LogP contribution in [0.1, 0.15) is 37.0 Å². The van der Waals surface area contributed by atoms with Gasteiger partial charge in [-0.1, -0.05) is 38.1 Å². The molecule has 0 spiro atoms. The summed E-state index contributed by atoms with van der Waals surface area (Å²) >= 11 is 0. The fraction of sp³-hybridized carbons (Fsp3) is 0.571. The second-order valence-corrected chi connectivity index (χ2v) is 4.83. The van der Waals surface area contributed by atoms with E-state index in [0.29, 0.717) is 25.7 Å². The van der Waals surface area contributed by atoms with Gasteiger partial charge in [-0.3, -0.25) is 0 Å². The van der Waals surface area contributed by atoms with Gasteiger partial charge in [-0.05, 0) is 17.0 Å². The third-order valence-electron chi connectivity index (χ3n) is 3.09. The molecule has 1 unspecified atom stereocenters. The molecule has 0 aliphatic carbocycles. The average molecular weight is 236 g/mol. The monoisotopic (exact) mass is 236 g/mol. The van der Waals surface area contributed by atoms with E-state index in [2.05, 4.69) is 26.0 Å². The Kier molecular flexibility index (Phi) is 4.15. The van der Waals surface area contributed by atoms with Crippen molar-refractivity contribution in [2.75, 3.05) is 19.8 Å². The summed E-state index contributed by atoms with van der Waals surface area (Å²) in [5, 5.41) is 9.95. The van der Waals surface area contributed by atoms with Crippen molar-refractivity contribution in [2.24, 2.45) is 0 Å². The van der Waals surface area contributed by atoms with Crippen LogP contribution in [0.15, 0.2) is 24.3 Å². The molecular formula is C14H20O3. The molecule has 94 valence electrons. The summed E-state index contributed by atoms with van der Waals surface area (Å²) in [4.78, 5) is 0. The molecule has 3 heteroatoms. The maximum absolute atomic E-state index is 9.95. The average Bonchev–Trinajstić information content (AvgIpc) is 2.27. The molecule has 0 saturated carbocycles. The fourth-order valence-electron chi connectivity index (χ4n) is 1.74. The molecule has 0 bridgehead atoms. The molecule has 1 aliphatic rings. The number of rotatable bonds is 5. The van der Waals surface area contributed by atoms with Crippen molar-refractivity contribution < 1.29 is 14.6 Å². The summed E-state index contributed by atoms with van der Waals surface area (Å²) in [6.45, 7) is 5.96. The Labute approximate surface area is 102 Å². The number of hydrogen-bond acceptors (Lipinski definition) is 3. The van der Waals surface area contributed by atoms with Gasteiger partial charge in [0.25, 0.3) is 0 Å². The lowest BCUT2D eigenvalue weighted by Gasteiger charge is -2.27. The van der Waals surface area contributed by atoms with Gasteiger partial charge in [0, 0.05) is 0 Å². The summed E-state index contributed by atoms with van der Waals surface area (Å²) in [6, 6.07) is 8.08. The third kappa shape index (κ3) is 3.28. The van der Waals surface area contributed by atoms with E-state index in [1.54, 1.807) is 0 Å². The maximum atomic E-state index is 9.95. The van der Waals surface area contributed by atoms with E-state index in [4.69, 9.17) is 9.47 Å².